The van der Waals surface area contributed by atoms with Crippen LogP contribution in [0.15, 0.2) is 23.4 Å². The number of nitrogen functional groups attached to an aromatic ring is 1. The van der Waals surface area contributed by atoms with E-state index in [0.717, 1.165) is 16.8 Å². The summed E-state index contributed by atoms with van der Waals surface area (Å²) in [6, 6.07) is 7.34. The molecule has 0 saturated heterocycles. The van der Waals surface area contributed by atoms with Gasteiger partial charge in [-0.3, -0.25) is 9.36 Å². The summed E-state index contributed by atoms with van der Waals surface area (Å²) < 4.78 is 1.58. The van der Waals surface area contributed by atoms with Crippen molar-refractivity contribution in [3.63, 3.8) is 0 Å². The van der Waals surface area contributed by atoms with E-state index in [2.05, 4.69) is 15.5 Å². The van der Waals surface area contributed by atoms with Gasteiger partial charge in [0.05, 0.1) is 11.8 Å². The first-order valence-corrected chi connectivity index (χ1v) is 8.54. The molecule has 0 saturated carbocycles. The summed E-state index contributed by atoms with van der Waals surface area (Å²) >= 11 is 1.21. The molecule has 0 radical (unpaired) electrons. The Kier molecular flexibility index (Phi) is 5.82. The molecule has 2 rings (SSSR count). The molecule has 126 valence electrons. The van der Waals surface area contributed by atoms with Crippen LogP contribution in [-0.4, -0.2) is 26.4 Å². The van der Waals surface area contributed by atoms with Crippen LogP contribution in [0.5, 0.6) is 0 Å². The molecule has 8 heteroatoms. The zero-order chi connectivity index (χ0) is 17.7. The van der Waals surface area contributed by atoms with Crippen molar-refractivity contribution in [3.8, 4) is 6.07 Å². The molecule has 0 aliphatic rings. The average Bonchev–Trinajstić information content (AvgIpc) is 2.90. The number of amides is 1. The van der Waals surface area contributed by atoms with Crippen LogP contribution in [0.2, 0.25) is 0 Å². The summed E-state index contributed by atoms with van der Waals surface area (Å²) in [5.74, 6) is 0.195. The zero-order valence-corrected chi connectivity index (χ0v) is 14.7. The van der Waals surface area contributed by atoms with E-state index >= 15 is 0 Å². The lowest BCUT2D eigenvalue weighted by Crippen LogP contribution is -2.27. The van der Waals surface area contributed by atoms with E-state index in [-0.39, 0.29) is 17.6 Å². The first-order valence-electron chi connectivity index (χ1n) is 7.56. The third-order valence-corrected chi connectivity index (χ3v) is 4.41. The maximum Gasteiger partial charge on any atom is 0.247 e. The maximum atomic E-state index is 12.7. The number of nitrogens with zero attached hydrogens (tertiary/aromatic N) is 4. The standard InChI is InChI=1S/C16H20N6OS/c1-4-13(22-15(18)20-21-16(22)24-8-7-17)14(23)19-12-6-5-10(2)9-11(12)3/h5-6,9,13H,4,8H2,1-3H3,(H2,18,20)(H,19,23). The largest absolute Gasteiger partial charge is 0.368 e. The Morgan fingerprint density at radius 1 is 1.46 bits per heavy atom. The third kappa shape index (κ3) is 3.86. The number of nitrogens with one attached hydrogen (secondary N) is 1. The number of carbonyl (C=O) groups is 1. The number of benzene rings is 1. The van der Waals surface area contributed by atoms with Crippen LogP contribution >= 0.6 is 11.8 Å². The third-order valence-electron chi connectivity index (χ3n) is 3.60. The van der Waals surface area contributed by atoms with E-state index in [9.17, 15) is 4.79 Å². The fourth-order valence-corrected chi connectivity index (χ4v) is 3.08. The SMILES string of the molecule is CCC(C(=O)Nc1ccc(C)cc1C)n1c(N)nnc1SCC#N. The highest BCUT2D eigenvalue weighted by atomic mass is 32.2. The smallest absolute Gasteiger partial charge is 0.247 e. The van der Waals surface area contributed by atoms with Gasteiger partial charge in [-0.25, -0.2) is 0 Å². The van der Waals surface area contributed by atoms with E-state index in [4.69, 9.17) is 11.0 Å². The number of anilines is 2. The summed E-state index contributed by atoms with van der Waals surface area (Å²) in [6.07, 6.45) is 0.527. The Bertz CT molecular complexity index is 779. The van der Waals surface area contributed by atoms with Gasteiger partial charge in [0.25, 0.3) is 0 Å². The summed E-state index contributed by atoms with van der Waals surface area (Å²) in [5.41, 5.74) is 8.78. The monoisotopic (exact) mass is 344 g/mol. The predicted molar refractivity (Wildman–Crippen MR) is 94.6 cm³/mol. The molecule has 24 heavy (non-hydrogen) atoms. The van der Waals surface area contributed by atoms with Crippen molar-refractivity contribution in [1.29, 1.82) is 5.26 Å². The molecular weight excluding hydrogens is 324 g/mol. The lowest BCUT2D eigenvalue weighted by Gasteiger charge is -2.19. The fraction of sp³-hybridized carbons (Fsp3) is 0.375. The first kappa shape index (κ1) is 17.8. The Morgan fingerprint density at radius 3 is 2.83 bits per heavy atom. The van der Waals surface area contributed by atoms with Gasteiger partial charge < -0.3 is 11.1 Å². The highest BCUT2D eigenvalue weighted by Crippen LogP contribution is 2.26. The number of aromatic nitrogens is 3. The molecule has 0 aliphatic carbocycles. The summed E-state index contributed by atoms with van der Waals surface area (Å²) in [7, 11) is 0. The van der Waals surface area contributed by atoms with Gasteiger partial charge in [0.1, 0.15) is 6.04 Å². The average molecular weight is 344 g/mol. The van der Waals surface area contributed by atoms with Crippen LogP contribution in [0.25, 0.3) is 0 Å². The highest BCUT2D eigenvalue weighted by molar-refractivity contribution is 7.99. The summed E-state index contributed by atoms with van der Waals surface area (Å²) in [5, 5.41) is 19.9. The van der Waals surface area contributed by atoms with Gasteiger partial charge in [-0.05, 0) is 31.9 Å². The van der Waals surface area contributed by atoms with E-state index in [1.54, 1.807) is 4.57 Å². The molecule has 0 aliphatic heterocycles. The molecule has 1 heterocycles. The second-order valence-corrected chi connectivity index (χ2v) is 6.33. The van der Waals surface area contributed by atoms with Crippen LogP contribution < -0.4 is 11.1 Å². The minimum absolute atomic E-state index is 0.165. The van der Waals surface area contributed by atoms with Crippen molar-refractivity contribution < 1.29 is 4.79 Å². The summed E-state index contributed by atoms with van der Waals surface area (Å²) in [6.45, 7) is 5.85. The lowest BCUT2D eigenvalue weighted by molar-refractivity contribution is -0.119. The molecular formula is C16H20N6OS. The van der Waals surface area contributed by atoms with E-state index in [0.29, 0.717) is 11.6 Å². The molecule has 0 spiro atoms. The Morgan fingerprint density at radius 2 is 2.21 bits per heavy atom. The molecule has 1 unspecified atom stereocenters. The minimum atomic E-state index is -0.540. The van der Waals surface area contributed by atoms with Crippen molar-refractivity contribution in [2.24, 2.45) is 0 Å². The Balaban J connectivity index is 2.26. The van der Waals surface area contributed by atoms with Crippen LogP contribution in [0.3, 0.4) is 0 Å². The quantitative estimate of drug-likeness (QED) is 0.780. The highest BCUT2D eigenvalue weighted by Gasteiger charge is 2.25. The van der Waals surface area contributed by atoms with Crippen LogP contribution in [0.4, 0.5) is 11.6 Å². The number of nitriles is 1. The molecule has 1 amide bonds. The van der Waals surface area contributed by atoms with Crippen molar-refractivity contribution >= 4 is 29.3 Å². The van der Waals surface area contributed by atoms with Gasteiger partial charge in [-0.1, -0.05) is 36.4 Å². The number of aryl methyl sites for hydroxylation is 2. The number of nitrogens with two attached hydrogens (primary N) is 1. The van der Waals surface area contributed by atoms with E-state index < -0.39 is 6.04 Å². The first-order chi connectivity index (χ1) is 11.5. The van der Waals surface area contributed by atoms with Crippen LogP contribution in [-0.2, 0) is 4.79 Å². The van der Waals surface area contributed by atoms with Crippen molar-refractivity contribution in [2.45, 2.75) is 38.4 Å². The van der Waals surface area contributed by atoms with Crippen molar-refractivity contribution in [3.05, 3.63) is 29.3 Å². The molecule has 1 atom stereocenters. The molecule has 0 bridgehead atoms. The number of hydrogen-bond donors (Lipinski definition) is 2. The molecule has 1 aromatic heterocycles. The van der Waals surface area contributed by atoms with E-state index in [1.165, 1.54) is 11.8 Å². The Labute approximate surface area is 145 Å². The summed E-state index contributed by atoms with van der Waals surface area (Å²) in [4.78, 5) is 12.7. The van der Waals surface area contributed by atoms with Gasteiger partial charge in [-0.2, -0.15) is 5.26 Å². The minimum Gasteiger partial charge on any atom is -0.368 e. The topological polar surface area (TPSA) is 110 Å². The van der Waals surface area contributed by atoms with Gasteiger partial charge in [-0.15, -0.1) is 10.2 Å². The number of carbonyl (C=O) groups excluding carboxylic acids is 1. The van der Waals surface area contributed by atoms with Crippen molar-refractivity contribution in [2.75, 3.05) is 16.8 Å². The van der Waals surface area contributed by atoms with Gasteiger partial charge in [0.2, 0.25) is 11.9 Å². The normalized spacial score (nSPS) is 11.8. The van der Waals surface area contributed by atoms with E-state index in [1.807, 2.05) is 45.0 Å². The van der Waals surface area contributed by atoms with Crippen LogP contribution in [0.1, 0.15) is 30.5 Å². The fourth-order valence-electron chi connectivity index (χ4n) is 2.43. The lowest BCUT2D eigenvalue weighted by atomic mass is 10.1. The molecule has 3 N–H and O–H groups in total. The second-order valence-electron chi connectivity index (χ2n) is 5.39. The molecule has 7 nitrogen and oxygen atoms in total. The Hall–Kier alpha value is -2.53. The molecule has 1 aromatic carbocycles. The second kappa shape index (κ2) is 7.84. The number of rotatable bonds is 6. The predicted octanol–water partition coefficient (Wildman–Crippen LogP) is 2.68. The number of thioether (sulfide) groups is 1. The molecule has 2 aromatic rings. The molecule has 0 fully saturated rings. The van der Waals surface area contributed by atoms with Gasteiger partial charge in [0.15, 0.2) is 5.16 Å². The zero-order valence-electron chi connectivity index (χ0n) is 13.9. The van der Waals surface area contributed by atoms with Crippen molar-refractivity contribution in [1.82, 2.24) is 14.8 Å². The van der Waals surface area contributed by atoms with Gasteiger partial charge >= 0.3 is 0 Å². The maximum absolute atomic E-state index is 12.7. The number of hydrogen-bond acceptors (Lipinski definition) is 6. The van der Waals surface area contributed by atoms with Gasteiger partial charge in [0, 0.05) is 5.69 Å². The van der Waals surface area contributed by atoms with Crippen LogP contribution in [0, 0.1) is 25.2 Å².